The first kappa shape index (κ1) is 11.8. The minimum absolute atomic E-state index is 0.176. The largest absolute Gasteiger partial charge is 0.477 e. The van der Waals surface area contributed by atoms with Crippen LogP contribution in [0.15, 0.2) is 29.2 Å². The maximum Gasteiger partial charge on any atom is 0.342 e. The van der Waals surface area contributed by atoms with Crippen LogP contribution in [0.1, 0.15) is 10.4 Å². The first-order chi connectivity index (χ1) is 8.02. The van der Waals surface area contributed by atoms with E-state index in [2.05, 4.69) is 5.10 Å². The molecule has 0 aliphatic heterocycles. The van der Waals surface area contributed by atoms with Crippen molar-refractivity contribution in [3.8, 4) is 5.69 Å². The lowest BCUT2D eigenvalue weighted by atomic mass is 10.3. The molecule has 1 heterocycles. The van der Waals surface area contributed by atoms with Crippen molar-refractivity contribution < 1.29 is 9.90 Å². The van der Waals surface area contributed by atoms with Gasteiger partial charge in [-0.05, 0) is 12.1 Å². The van der Waals surface area contributed by atoms with Gasteiger partial charge in [-0.25, -0.2) is 9.48 Å². The van der Waals surface area contributed by atoms with Gasteiger partial charge in [0, 0.05) is 6.20 Å². The Bertz CT molecular complexity index is 645. The van der Waals surface area contributed by atoms with Gasteiger partial charge in [0.1, 0.15) is 5.56 Å². The molecule has 0 atom stereocenters. The predicted octanol–water partition coefficient (Wildman–Crippen LogP) is 2.17. The Hall–Kier alpha value is -1.72. The number of hydrogen-bond acceptors (Lipinski definition) is 2. The van der Waals surface area contributed by atoms with E-state index in [1.54, 1.807) is 18.2 Å². The highest BCUT2D eigenvalue weighted by Crippen LogP contribution is 2.27. The quantitative estimate of drug-likeness (QED) is 0.880. The molecule has 1 aromatic heterocycles. The zero-order chi connectivity index (χ0) is 12.6. The Kier molecular flexibility index (Phi) is 2.95. The summed E-state index contributed by atoms with van der Waals surface area (Å²) >= 11 is 11.7. The van der Waals surface area contributed by atoms with E-state index in [4.69, 9.17) is 28.3 Å². The van der Waals surface area contributed by atoms with Crippen LogP contribution >= 0.6 is 23.2 Å². The second kappa shape index (κ2) is 4.27. The van der Waals surface area contributed by atoms with E-state index < -0.39 is 11.5 Å². The lowest BCUT2D eigenvalue weighted by Crippen LogP contribution is -2.20. The standard InChI is InChI=1S/C10H6Cl2N2O3/c11-6-2-1-3-7(8(6)12)14-9(15)5(4-13-14)10(16)17/h1-4,13H,(H,16,17). The smallest absolute Gasteiger partial charge is 0.342 e. The second-order valence-corrected chi connectivity index (χ2v) is 3.99. The molecule has 0 aliphatic carbocycles. The number of aromatic amines is 1. The molecule has 0 fully saturated rings. The highest BCUT2D eigenvalue weighted by Gasteiger charge is 2.16. The number of aromatic carboxylic acids is 1. The monoisotopic (exact) mass is 272 g/mol. The van der Waals surface area contributed by atoms with Gasteiger partial charge in [-0.3, -0.25) is 9.89 Å². The summed E-state index contributed by atoms with van der Waals surface area (Å²) in [4.78, 5) is 22.4. The van der Waals surface area contributed by atoms with E-state index in [9.17, 15) is 9.59 Å². The van der Waals surface area contributed by atoms with Crippen LogP contribution in [0.3, 0.4) is 0 Å². The molecule has 0 saturated heterocycles. The number of hydrogen-bond donors (Lipinski definition) is 2. The van der Waals surface area contributed by atoms with Crippen LogP contribution in [-0.2, 0) is 0 Å². The maximum absolute atomic E-state index is 11.7. The van der Waals surface area contributed by atoms with Crippen molar-refractivity contribution in [2.24, 2.45) is 0 Å². The molecule has 5 nitrogen and oxygen atoms in total. The molecular formula is C10H6Cl2N2O3. The van der Waals surface area contributed by atoms with Gasteiger partial charge in [0.25, 0.3) is 5.56 Å². The molecule has 0 bridgehead atoms. The number of aromatic nitrogens is 2. The summed E-state index contributed by atoms with van der Waals surface area (Å²) in [6, 6.07) is 4.73. The van der Waals surface area contributed by atoms with Crippen molar-refractivity contribution in [3.63, 3.8) is 0 Å². The molecule has 0 aliphatic rings. The van der Waals surface area contributed by atoms with Crippen LogP contribution < -0.4 is 5.56 Å². The molecule has 0 spiro atoms. The van der Waals surface area contributed by atoms with E-state index in [0.717, 1.165) is 10.9 Å². The topological polar surface area (TPSA) is 75.1 Å². The number of nitrogens with zero attached hydrogens (tertiary/aromatic N) is 1. The first-order valence-corrected chi connectivity index (χ1v) is 5.26. The van der Waals surface area contributed by atoms with Crippen molar-refractivity contribution in [1.82, 2.24) is 9.78 Å². The average molecular weight is 273 g/mol. The Morgan fingerprint density at radius 2 is 2.06 bits per heavy atom. The summed E-state index contributed by atoms with van der Waals surface area (Å²) < 4.78 is 1.03. The Balaban J connectivity index is 2.66. The van der Waals surface area contributed by atoms with Crippen LogP contribution in [0.5, 0.6) is 0 Å². The van der Waals surface area contributed by atoms with Gasteiger partial charge in [0.15, 0.2) is 0 Å². The molecule has 7 heteroatoms. The van der Waals surface area contributed by atoms with Crippen LogP contribution in [0.2, 0.25) is 10.0 Å². The highest BCUT2D eigenvalue weighted by atomic mass is 35.5. The number of carboxylic acid groups (broad SMARTS) is 1. The molecule has 2 N–H and O–H groups in total. The predicted molar refractivity (Wildman–Crippen MR) is 63.4 cm³/mol. The van der Waals surface area contributed by atoms with Crippen molar-refractivity contribution in [3.05, 3.63) is 50.4 Å². The van der Waals surface area contributed by atoms with Gasteiger partial charge < -0.3 is 5.11 Å². The SMILES string of the molecule is O=C(O)c1c[nH]n(-c2cccc(Cl)c2Cl)c1=O. The van der Waals surface area contributed by atoms with Crippen molar-refractivity contribution in [2.75, 3.05) is 0 Å². The van der Waals surface area contributed by atoms with Crippen molar-refractivity contribution >= 4 is 29.2 Å². The minimum Gasteiger partial charge on any atom is -0.477 e. The fraction of sp³-hybridized carbons (Fsp3) is 0. The van der Waals surface area contributed by atoms with E-state index in [1.807, 2.05) is 0 Å². The molecule has 17 heavy (non-hydrogen) atoms. The van der Waals surface area contributed by atoms with Crippen molar-refractivity contribution in [2.45, 2.75) is 0 Å². The Morgan fingerprint density at radius 3 is 2.65 bits per heavy atom. The van der Waals surface area contributed by atoms with Gasteiger partial charge >= 0.3 is 5.97 Å². The maximum atomic E-state index is 11.7. The van der Waals surface area contributed by atoms with E-state index >= 15 is 0 Å². The third kappa shape index (κ3) is 1.94. The molecule has 0 saturated carbocycles. The van der Waals surface area contributed by atoms with Gasteiger partial charge in [-0.1, -0.05) is 29.3 Å². The fourth-order valence-corrected chi connectivity index (χ4v) is 1.75. The average Bonchev–Trinajstić information content (AvgIpc) is 2.64. The van der Waals surface area contributed by atoms with Crippen LogP contribution in [-0.4, -0.2) is 20.9 Å². The zero-order valence-corrected chi connectivity index (χ0v) is 9.79. The van der Waals surface area contributed by atoms with E-state index in [0.29, 0.717) is 5.69 Å². The van der Waals surface area contributed by atoms with E-state index in [-0.39, 0.29) is 15.6 Å². The number of carbonyl (C=O) groups is 1. The molecule has 0 amide bonds. The van der Waals surface area contributed by atoms with Gasteiger partial charge in [0.2, 0.25) is 0 Å². The third-order valence-electron chi connectivity index (χ3n) is 2.17. The number of H-pyrrole nitrogens is 1. The summed E-state index contributed by atoms with van der Waals surface area (Å²) in [7, 11) is 0. The summed E-state index contributed by atoms with van der Waals surface area (Å²) in [5, 5.41) is 11.7. The normalized spacial score (nSPS) is 10.5. The fourth-order valence-electron chi connectivity index (χ4n) is 1.37. The summed E-state index contributed by atoms with van der Waals surface area (Å²) in [5.41, 5.74) is -0.751. The summed E-state index contributed by atoms with van der Waals surface area (Å²) in [6.45, 7) is 0. The van der Waals surface area contributed by atoms with Crippen LogP contribution in [0, 0.1) is 0 Å². The number of carboxylic acids is 1. The molecule has 2 aromatic rings. The zero-order valence-electron chi connectivity index (χ0n) is 8.28. The van der Waals surface area contributed by atoms with Gasteiger partial charge in [-0.2, -0.15) is 0 Å². The number of nitrogens with one attached hydrogen (secondary N) is 1. The lowest BCUT2D eigenvalue weighted by molar-refractivity contribution is 0.0695. The summed E-state index contributed by atoms with van der Waals surface area (Å²) in [5.74, 6) is -1.30. The number of benzene rings is 1. The second-order valence-electron chi connectivity index (χ2n) is 3.21. The molecule has 88 valence electrons. The molecule has 0 unspecified atom stereocenters. The molecule has 1 aromatic carbocycles. The molecular weight excluding hydrogens is 267 g/mol. The van der Waals surface area contributed by atoms with Gasteiger partial charge in [0.05, 0.1) is 15.7 Å². The number of rotatable bonds is 2. The minimum atomic E-state index is -1.30. The third-order valence-corrected chi connectivity index (χ3v) is 2.98. The van der Waals surface area contributed by atoms with Crippen LogP contribution in [0.4, 0.5) is 0 Å². The summed E-state index contributed by atoms with van der Waals surface area (Å²) in [6.07, 6.45) is 1.10. The van der Waals surface area contributed by atoms with Gasteiger partial charge in [-0.15, -0.1) is 0 Å². The lowest BCUT2D eigenvalue weighted by Gasteiger charge is -2.04. The Morgan fingerprint density at radius 1 is 1.35 bits per heavy atom. The molecule has 2 rings (SSSR count). The van der Waals surface area contributed by atoms with E-state index in [1.165, 1.54) is 0 Å². The van der Waals surface area contributed by atoms with Crippen molar-refractivity contribution in [1.29, 1.82) is 0 Å². The Labute approximate surface area is 105 Å². The van der Waals surface area contributed by atoms with Crippen LogP contribution in [0.25, 0.3) is 5.69 Å². The molecule has 0 radical (unpaired) electrons. The first-order valence-electron chi connectivity index (χ1n) is 4.50. The number of halogens is 2. The highest BCUT2D eigenvalue weighted by molar-refractivity contribution is 6.43.